The van der Waals surface area contributed by atoms with E-state index in [2.05, 4.69) is 20.8 Å². The lowest BCUT2D eigenvalue weighted by molar-refractivity contribution is 0.108. The highest BCUT2D eigenvalue weighted by Gasteiger charge is 2.25. The molecule has 1 heterocycles. The van der Waals surface area contributed by atoms with Crippen molar-refractivity contribution in [1.29, 1.82) is 0 Å². The molecule has 1 aliphatic rings. The number of tetrazole rings is 1. The van der Waals surface area contributed by atoms with Crippen molar-refractivity contribution in [3.05, 3.63) is 0 Å². The van der Waals surface area contributed by atoms with E-state index in [0.29, 0.717) is 12.1 Å². The molecule has 14 heavy (non-hydrogen) atoms. The van der Waals surface area contributed by atoms with E-state index in [0.717, 1.165) is 25.2 Å². The summed E-state index contributed by atoms with van der Waals surface area (Å²) in [6.45, 7) is 0. The first kappa shape index (κ1) is 9.39. The molecule has 1 aromatic rings. The predicted molar refractivity (Wildman–Crippen MR) is 50.9 cm³/mol. The van der Waals surface area contributed by atoms with E-state index >= 15 is 0 Å². The Labute approximate surface area is 82.6 Å². The van der Waals surface area contributed by atoms with Gasteiger partial charge in [0.15, 0.2) is 0 Å². The highest BCUT2D eigenvalue weighted by Crippen LogP contribution is 2.23. The van der Waals surface area contributed by atoms with Crippen LogP contribution in [0.15, 0.2) is 0 Å². The average Bonchev–Trinajstić information content (AvgIpc) is 2.77. The van der Waals surface area contributed by atoms with Crippen LogP contribution in [0.3, 0.4) is 0 Å². The van der Waals surface area contributed by atoms with Crippen molar-refractivity contribution >= 4 is 5.95 Å². The molecule has 0 radical (unpaired) electrons. The third kappa shape index (κ3) is 1.84. The van der Waals surface area contributed by atoms with Crippen LogP contribution in [0.4, 0.5) is 5.95 Å². The van der Waals surface area contributed by atoms with Crippen molar-refractivity contribution in [2.45, 2.75) is 31.4 Å². The van der Waals surface area contributed by atoms with Crippen molar-refractivity contribution in [3.8, 4) is 0 Å². The van der Waals surface area contributed by atoms with Crippen molar-refractivity contribution in [3.63, 3.8) is 0 Å². The molecule has 1 N–H and O–H groups in total. The highest BCUT2D eigenvalue weighted by molar-refractivity contribution is 5.23. The zero-order valence-electron chi connectivity index (χ0n) is 8.47. The third-order valence-corrected chi connectivity index (χ3v) is 2.67. The van der Waals surface area contributed by atoms with E-state index in [9.17, 15) is 0 Å². The number of ether oxygens (including phenoxy) is 1. The second kappa shape index (κ2) is 3.91. The molecule has 0 spiro atoms. The van der Waals surface area contributed by atoms with Crippen LogP contribution in [0, 0.1) is 0 Å². The summed E-state index contributed by atoms with van der Waals surface area (Å²) in [5.41, 5.74) is 0. The summed E-state index contributed by atoms with van der Waals surface area (Å²) in [7, 11) is 3.59. The van der Waals surface area contributed by atoms with Crippen LogP contribution in [0.5, 0.6) is 0 Å². The van der Waals surface area contributed by atoms with Crippen LogP contribution >= 0.6 is 0 Å². The third-order valence-electron chi connectivity index (χ3n) is 2.67. The number of rotatable bonds is 3. The normalized spacial score (nSPS) is 26.7. The first-order chi connectivity index (χ1) is 6.79. The number of aromatic nitrogens is 4. The minimum Gasteiger partial charge on any atom is -0.381 e. The molecule has 6 nitrogen and oxygen atoms in total. The largest absolute Gasteiger partial charge is 0.381 e. The molecular weight excluding hydrogens is 182 g/mol. The van der Waals surface area contributed by atoms with Gasteiger partial charge in [-0.3, -0.25) is 0 Å². The van der Waals surface area contributed by atoms with E-state index in [4.69, 9.17) is 4.74 Å². The number of hydrogen-bond donors (Lipinski definition) is 1. The van der Waals surface area contributed by atoms with Gasteiger partial charge in [-0.1, -0.05) is 5.10 Å². The monoisotopic (exact) mass is 197 g/mol. The Balaban J connectivity index is 1.90. The Morgan fingerprint density at radius 2 is 2.36 bits per heavy atom. The summed E-state index contributed by atoms with van der Waals surface area (Å²) in [6.07, 6.45) is 3.64. The molecule has 1 saturated carbocycles. The minimum atomic E-state index is 0.383. The first-order valence-corrected chi connectivity index (χ1v) is 4.81. The van der Waals surface area contributed by atoms with E-state index in [1.807, 2.05) is 7.05 Å². The van der Waals surface area contributed by atoms with Gasteiger partial charge < -0.3 is 10.1 Å². The molecule has 0 saturated heterocycles. The number of nitrogens with zero attached hydrogens (tertiary/aromatic N) is 4. The Morgan fingerprint density at radius 3 is 2.93 bits per heavy atom. The average molecular weight is 197 g/mol. The highest BCUT2D eigenvalue weighted by atomic mass is 16.5. The van der Waals surface area contributed by atoms with Crippen molar-refractivity contribution in [2.75, 3.05) is 12.4 Å². The van der Waals surface area contributed by atoms with Gasteiger partial charge in [-0.2, -0.15) is 0 Å². The quantitative estimate of drug-likeness (QED) is 0.749. The number of anilines is 1. The molecule has 78 valence electrons. The Morgan fingerprint density at radius 1 is 1.50 bits per heavy atom. The van der Waals surface area contributed by atoms with Gasteiger partial charge in [-0.15, -0.1) is 0 Å². The topological polar surface area (TPSA) is 64.9 Å². The molecule has 2 rings (SSSR count). The van der Waals surface area contributed by atoms with E-state index < -0.39 is 0 Å². The molecule has 2 atom stereocenters. The molecular formula is C8H15N5O. The first-order valence-electron chi connectivity index (χ1n) is 4.81. The fourth-order valence-corrected chi connectivity index (χ4v) is 1.82. The molecule has 1 fully saturated rings. The molecule has 6 heteroatoms. The van der Waals surface area contributed by atoms with E-state index in [1.54, 1.807) is 11.8 Å². The smallest absolute Gasteiger partial charge is 0.242 e. The number of hydrogen-bond acceptors (Lipinski definition) is 5. The maximum absolute atomic E-state index is 5.29. The van der Waals surface area contributed by atoms with Crippen molar-refractivity contribution in [1.82, 2.24) is 20.2 Å². The summed E-state index contributed by atoms with van der Waals surface area (Å²) >= 11 is 0. The van der Waals surface area contributed by atoms with Crippen LogP contribution in [-0.4, -0.2) is 39.5 Å². The number of methoxy groups -OCH3 is 1. The van der Waals surface area contributed by atoms with Crippen LogP contribution in [0.1, 0.15) is 19.3 Å². The summed E-state index contributed by atoms with van der Waals surface area (Å²) < 4.78 is 6.93. The van der Waals surface area contributed by atoms with E-state index in [-0.39, 0.29) is 0 Å². The van der Waals surface area contributed by atoms with Crippen molar-refractivity contribution in [2.24, 2.45) is 7.05 Å². The molecule has 0 bridgehead atoms. The second-order valence-corrected chi connectivity index (χ2v) is 3.64. The minimum absolute atomic E-state index is 0.383. The van der Waals surface area contributed by atoms with Crippen molar-refractivity contribution < 1.29 is 4.74 Å². The van der Waals surface area contributed by atoms with Gasteiger partial charge >= 0.3 is 0 Å². The van der Waals surface area contributed by atoms with Gasteiger partial charge in [0.2, 0.25) is 5.95 Å². The lowest BCUT2D eigenvalue weighted by atomic mass is 10.2. The van der Waals surface area contributed by atoms with E-state index in [1.165, 1.54) is 0 Å². The molecule has 1 aromatic heterocycles. The Hall–Kier alpha value is -1.17. The predicted octanol–water partition coefficient (Wildman–Crippen LogP) is 0.189. The number of nitrogens with one attached hydrogen (secondary N) is 1. The maximum atomic E-state index is 5.29. The van der Waals surface area contributed by atoms with Crippen LogP contribution in [-0.2, 0) is 11.8 Å². The van der Waals surface area contributed by atoms with Crippen LogP contribution in [0.2, 0.25) is 0 Å². The summed E-state index contributed by atoms with van der Waals surface area (Å²) in [6, 6.07) is 0.435. The second-order valence-electron chi connectivity index (χ2n) is 3.64. The SMILES string of the molecule is COC1CCC(Nc2nnnn2C)C1. The van der Waals surface area contributed by atoms with Gasteiger partial charge in [0, 0.05) is 20.2 Å². The fraction of sp³-hybridized carbons (Fsp3) is 0.875. The van der Waals surface area contributed by atoms with Gasteiger partial charge in [0.1, 0.15) is 0 Å². The fourth-order valence-electron chi connectivity index (χ4n) is 1.82. The molecule has 1 aliphatic carbocycles. The Kier molecular flexibility index (Phi) is 2.62. The van der Waals surface area contributed by atoms with Crippen LogP contribution in [0.25, 0.3) is 0 Å². The lowest BCUT2D eigenvalue weighted by Gasteiger charge is -2.11. The summed E-state index contributed by atoms with van der Waals surface area (Å²) in [4.78, 5) is 0. The Bertz CT molecular complexity index is 300. The maximum Gasteiger partial charge on any atom is 0.242 e. The standard InChI is InChI=1S/C8H15N5O/c1-13-8(10-11-12-13)9-6-3-4-7(5-6)14-2/h6-7H,3-5H2,1-2H3,(H,9,10,12). The lowest BCUT2D eigenvalue weighted by Crippen LogP contribution is -2.19. The van der Waals surface area contributed by atoms with Gasteiger partial charge in [0.25, 0.3) is 0 Å². The molecule has 0 aliphatic heterocycles. The molecule has 0 amide bonds. The van der Waals surface area contributed by atoms with Gasteiger partial charge in [0.05, 0.1) is 6.10 Å². The van der Waals surface area contributed by atoms with Gasteiger partial charge in [-0.25, -0.2) is 4.68 Å². The number of aryl methyl sites for hydroxylation is 1. The molecule has 2 unspecified atom stereocenters. The zero-order valence-corrected chi connectivity index (χ0v) is 8.47. The zero-order chi connectivity index (χ0) is 9.97. The summed E-state index contributed by atoms with van der Waals surface area (Å²) in [5, 5.41) is 14.5. The van der Waals surface area contributed by atoms with Crippen LogP contribution < -0.4 is 5.32 Å². The molecule has 0 aromatic carbocycles. The summed E-state index contributed by atoms with van der Waals surface area (Å²) in [5.74, 6) is 0.728. The van der Waals surface area contributed by atoms with Gasteiger partial charge in [-0.05, 0) is 29.7 Å².